The Morgan fingerprint density at radius 3 is 2.40 bits per heavy atom. The minimum absolute atomic E-state index is 0.0756. The zero-order chi connectivity index (χ0) is 15.1. The molecular weight excluding hydrogens is 268 g/mol. The van der Waals surface area contributed by atoms with E-state index in [9.17, 15) is 14.4 Å². The molecule has 1 rings (SSSR count). The van der Waals surface area contributed by atoms with Gasteiger partial charge in [-0.25, -0.2) is 4.79 Å². The third kappa shape index (κ3) is 4.52. The SMILES string of the molecule is CCNC(=O)c1ccc(NC(CC(=O)O)C(=O)O)nn1. The van der Waals surface area contributed by atoms with E-state index in [-0.39, 0.29) is 11.5 Å². The van der Waals surface area contributed by atoms with Gasteiger partial charge >= 0.3 is 11.9 Å². The molecular formula is C11H14N4O5. The molecule has 0 fully saturated rings. The number of rotatable bonds is 7. The van der Waals surface area contributed by atoms with Gasteiger partial charge < -0.3 is 20.8 Å². The van der Waals surface area contributed by atoms with Gasteiger partial charge in [0.2, 0.25) is 0 Å². The number of carbonyl (C=O) groups excluding carboxylic acids is 1. The number of nitrogens with one attached hydrogen (secondary N) is 2. The number of aromatic nitrogens is 2. The first-order chi connectivity index (χ1) is 9.43. The maximum absolute atomic E-state index is 11.4. The fraction of sp³-hybridized carbons (Fsp3) is 0.364. The van der Waals surface area contributed by atoms with Gasteiger partial charge in [0.05, 0.1) is 6.42 Å². The summed E-state index contributed by atoms with van der Waals surface area (Å²) in [5.41, 5.74) is 0.0857. The standard InChI is InChI=1S/C11H14N4O5/c1-2-12-10(18)6-3-4-8(15-14-6)13-7(11(19)20)5-9(16)17/h3-4,7H,2,5H2,1H3,(H,12,18)(H,13,15)(H,16,17)(H,19,20). The Kier molecular flexibility index (Phi) is 5.39. The van der Waals surface area contributed by atoms with E-state index < -0.39 is 30.3 Å². The van der Waals surface area contributed by atoms with E-state index in [1.807, 2.05) is 0 Å². The topological polar surface area (TPSA) is 142 Å². The molecule has 0 aliphatic heterocycles. The first-order valence-electron chi connectivity index (χ1n) is 5.77. The maximum atomic E-state index is 11.4. The molecule has 0 saturated carbocycles. The summed E-state index contributed by atoms with van der Waals surface area (Å²) < 4.78 is 0. The average Bonchev–Trinajstić information content (AvgIpc) is 2.38. The Hall–Kier alpha value is -2.71. The third-order valence-corrected chi connectivity index (χ3v) is 2.23. The van der Waals surface area contributed by atoms with Gasteiger partial charge in [-0.15, -0.1) is 10.2 Å². The first-order valence-corrected chi connectivity index (χ1v) is 5.77. The number of carboxylic acids is 2. The molecule has 0 aliphatic rings. The summed E-state index contributed by atoms with van der Waals surface area (Å²) in [5, 5.41) is 29.7. The molecule has 20 heavy (non-hydrogen) atoms. The van der Waals surface area contributed by atoms with Gasteiger partial charge in [-0.1, -0.05) is 0 Å². The number of carbonyl (C=O) groups is 3. The van der Waals surface area contributed by atoms with Crippen molar-refractivity contribution in [2.45, 2.75) is 19.4 Å². The van der Waals surface area contributed by atoms with E-state index >= 15 is 0 Å². The normalized spacial score (nSPS) is 11.4. The number of nitrogens with zero attached hydrogens (tertiary/aromatic N) is 2. The van der Waals surface area contributed by atoms with Crippen molar-refractivity contribution in [3.8, 4) is 0 Å². The second-order valence-corrected chi connectivity index (χ2v) is 3.80. The van der Waals surface area contributed by atoms with Crippen LogP contribution in [0.1, 0.15) is 23.8 Å². The van der Waals surface area contributed by atoms with Crippen LogP contribution in [0, 0.1) is 0 Å². The molecule has 1 aromatic heterocycles. The van der Waals surface area contributed by atoms with Gasteiger partial charge in [0.15, 0.2) is 5.69 Å². The van der Waals surface area contributed by atoms with Crippen LogP contribution in [0.4, 0.5) is 5.82 Å². The fourth-order valence-corrected chi connectivity index (χ4v) is 1.33. The number of aliphatic carboxylic acids is 2. The lowest BCUT2D eigenvalue weighted by atomic mass is 10.2. The van der Waals surface area contributed by atoms with Crippen molar-refractivity contribution in [2.24, 2.45) is 0 Å². The highest BCUT2D eigenvalue weighted by atomic mass is 16.4. The van der Waals surface area contributed by atoms with Crippen LogP contribution in [0.3, 0.4) is 0 Å². The molecule has 4 N–H and O–H groups in total. The first kappa shape index (κ1) is 15.3. The molecule has 9 heteroatoms. The van der Waals surface area contributed by atoms with Gasteiger partial charge in [-0.2, -0.15) is 0 Å². The highest BCUT2D eigenvalue weighted by Crippen LogP contribution is 2.06. The molecule has 1 amide bonds. The number of hydrogen-bond acceptors (Lipinski definition) is 6. The van der Waals surface area contributed by atoms with E-state index in [4.69, 9.17) is 10.2 Å². The summed E-state index contributed by atoms with van der Waals surface area (Å²) in [4.78, 5) is 32.8. The summed E-state index contributed by atoms with van der Waals surface area (Å²) >= 11 is 0. The number of amides is 1. The molecule has 0 aliphatic carbocycles. The second kappa shape index (κ2) is 7.02. The van der Waals surface area contributed by atoms with E-state index in [1.54, 1.807) is 6.92 Å². The van der Waals surface area contributed by atoms with Crippen LogP contribution < -0.4 is 10.6 Å². The summed E-state index contributed by atoms with van der Waals surface area (Å²) in [7, 11) is 0. The molecule has 0 bridgehead atoms. The Balaban J connectivity index is 2.75. The highest BCUT2D eigenvalue weighted by molar-refractivity contribution is 5.92. The predicted octanol–water partition coefficient (Wildman–Crippen LogP) is -0.434. The zero-order valence-corrected chi connectivity index (χ0v) is 10.7. The summed E-state index contributed by atoms with van der Waals surface area (Å²) in [5.74, 6) is -2.89. The predicted molar refractivity (Wildman–Crippen MR) is 67.3 cm³/mol. The van der Waals surface area contributed by atoms with E-state index in [0.29, 0.717) is 6.54 Å². The summed E-state index contributed by atoms with van der Waals surface area (Å²) in [6.45, 7) is 2.20. The van der Waals surface area contributed by atoms with Crippen molar-refractivity contribution in [1.29, 1.82) is 0 Å². The Morgan fingerprint density at radius 2 is 1.95 bits per heavy atom. The quantitative estimate of drug-likeness (QED) is 0.527. The van der Waals surface area contributed by atoms with E-state index in [1.165, 1.54) is 12.1 Å². The zero-order valence-electron chi connectivity index (χ0n) is 10.7. The third-order valence-electron chi connectivity index (χ3n) is 2.23. The maximum Gasteiger partial charge on any atom is 0.326 e. The number of carboxylic acid groups (broad SMARTS) is 2. The lowest BCUT2D eigenvalue weighted by Crippen LogP contribution is -2.32. The molecule has 1 unspecified atom stereocenters. The van der Waals surface area contributed by atoms with Gasteiger partial charge in [-0.3, -0.25) is 9.59 Å². The van der Waals surface area contributed by atoms with Crippen molar-refractivity contribution in [1.82, 2.24) is 15.5 Å². The molecule has 108 valence electrons. The van der Waals surface area contributed by atoms with Crippen LogP contribution >= 0.6 is 0 Å². The Labute approximate surface area is 114 Å². The van der Waals surface area contributed by atoms with Gasteiger partial charge in [0.25, 0.3) is 5.91 Å². The molecule has 1 aromatic rings. The fourth-order valence-electron chi connectivity index (χ4n) is 1.33. The smallest absolute Gasteiger partial charge is 0.326 e. The average molecular weight is 282 g/mol. The van der Waals surface area contributed by atoms with E-state index in [0.717, 1.165) is 0 Å². The lowest BCUT2D eigenvalue weighted by Gasteiger charge is -2.12. The van der Waals surface area contributed by atoms with Crippen LogP contribution in [-0.4, -0.2) is 50.8 Å². The monoisotopic (exact) mass is 282 g/mol. The Bertz CT molecular complexity index is 502. The minimum atomic E-state index is -1.32. The molecule has 1 atom stereocenters. The number of anilines is 1. The van der Waals surface area contributed by atoms with Gasteiger partial charge in [0, 0.05) is 6.54 Å². The summed E-state index contributed by atoms with van der Waals surface area (Å²) in [6, 6.07) is 1.40. The van der Waals surface area contributed by atoms with E-state index in [2.05, 4.69) is 20.8 Å². The van der Waals surface area contributed by atoms with Crippen LogP contribution in [-0.2, 0) is 9.59 Å². The van der Waals surface area contributed by atoms with Crippen molar-refractivity contribution >= 4 is 23.7 Å². The minimum Gasteiger partial charge on any atom is -0.481 e. The molecule has 0 radical (unpaired) electrons. The molecule has 1 heterocycles. The van der Waals surface area contributed by atoms with Crippen molar-refractivity contribution in [3.63, 3.8) is 0 Å². The van der Waals surface area contributed by atoms with Crippen molar-refractivity contribution in [2.75, 3.05) is 11.9 Å². The number of hydrogen-bond donors (Lipinski definition) is 4. The molecule has 0 aromatic carbocycles. The van der Waals surface area contributed by atoms with Crippen LogP contribution in [0.15, 0.2) is 12.1 Å². The highest BCUT2D eigenvalue weighted by Gasteiger charge is 2.21. The van der Waals surface area contributed by atoms with Gasteiger partial charge in [-0.05, 0) is 19.1 Å². The lowest BCUT2D eigenvalue weighted by molar-refractivity contribution is -0.144. The molecule has 0 spiro atoms. The molecule has 0 saturated heterocycles. The largest absolute Gasteiger partial charge is 0.481 e. The van der Waals surface area contributed by atoms with Crippen molar-refractivity contribution < 1.29 is 24.6 Å². The molecule has 9 nitrogen and oxygen atoms in total. The van der Waals surface area contributed by atoms with Crippen molar-refractivity contribution in [3.05, 3.63) is 17.8 Å². The Morgan fingerprint density at radius 1 is 1.25 bits per heavy atom. The van der Waals surface area contributed by atoms with Gasteiger partial charge in [0.1, 0.15) is 11.9 Å². The van der Waals surface area contributed by atoms with Crippen LogP contribution in [0.2, 0.25) is 0 Å². The summed E-state index contributed by atoms with van der Waals surface area (Å²) in [6.07, 6.45) is -0.602. The second-order valence-electron chi connectivity index (χ2n) is 3.80. The van der Waals surface area contributed by atoms with Crippen LogP contribution in [0.25, 0.3) is 0 Å². The van der Waals surface area contributed by atoms with Crippen LogP contribution in [0.5, 0.6) is 0 Å².